The van der Waals surface area contributed by atoms with E-state index in [1.54, 1.807) is 18.2 Å². The first-order valence-electron chi connectivity index (χ1n) is 12.1. The molecule has 1 heterocycles. The number of hydrogen-bond acceptors (Lipinski definition) is 5. The zero-order chi connectivity index (χ0) is 24.5. The van der Waals surface area contributed by atoms with E-state index in [-0.39, 0.29) is 30.0 Å². The van der Waals surface area contributed by atoms with Gasteiger partial charge in [0.15, 0.2) is 12.4 Å². The summed E-state index contributed by atoms with van der Waals surface area (Å²) < 4.78 is 5.79. The van der Waals surface area contributed by atoms with Crippen molar-refractivity contribution in [3.8, 4) is 5.75 Å². The number of hydrogen-bond donors (Lipinski definition) is 1. The molecular weight excluding hydrogens is 464 g/mol. The molecule has 2 atom stereocenters. The Bertz CT molecular complexity index is 1280. The first kappa shape index (κ1) is 23.5. The molecule has 0 spiro atoms. The van der Waals surface area contributed by atoms with Crippen molar-refractivity contribution < 1.29 is 19.1 Å². The molecule has 2 unspecified atom stereocenters. The number of fused-ring (bicyclic) bond motifs is 1. The second-order valence-electron chi connectivity index (χ2n) is 9.39. The maximum absolute atomic E-state index is 13.0. The van der Waals surface area contributed by atoms with Crippen molar-refractivity contribution in [2.45, 2.75) is 51.4 Å². The third-order valence-electron chi connectivity index (χ3n) is 6.96. The summed E-state index contributed by atoms with van der Waals surface area (Å²) in [5.74, 6) is -0.304. The molecular formula is C28H27ClN2O4. The smallest absolute Gasteiger partial charge is 0.262 e. The van der Waals surface area contributed by atoms with Gasteiger partial charge in [-0.3, -0.25) is 19.4 Å². The van der Waals surface area contributed by atoms with Crippen LogP contribution in [0.25, 0.3) is 0 Å². The fourth-order valence-corrected chi connectivity index (χ4v) is 5.45. The van der Waals surface area contributed by atoms with Crippen LogP contribution in [0.1, 0.15) is 55.6 Å². The largest absolute Gasteiger partial charge is 0.484 e. The number of nitrogens with one attached hydrogen (secondary N) is 1. The van der Waals surface area contributed by atoms with Gasteiger partial charge >= 0.3 is 0 Å². The SMILES string of the molecule is Cc1ccc(NC(=O)COc2cccc(C3C4=C(CCCC4=O)N=C4CCCC(=O)C43)c2)cc1Cl. The molecule has 0 bridgehead atoms. The Hall–Kier alpha value is -3.25. The van der Waals surface area contributed by atoms with Crippen LogP contribution in [0.2, 0.25) is 5.02 Å². The van der Waals surface area contributed by atoms with Gasteiger partial charge in [0.25, 0.3) is 5.91 Å². The summed E-state index contributed by atoms with van der Waals surface area (Å²) in [7, 11) is 0. The topological polar surface area (TPSA) is 84.8 Å². The molecule has 2 aliphatic carbocycles. The summed E-state index contributed by atoms with van der Waals surface area (Å²) in [5, 5.41) is 3.36. The van der Waals surface area contributed by atoms with Crippen LogP contribution in [0.4, 0.5) is 5.69 Å². The predicted octanol–water partition coefficient (Wildman–Crippen LogP) is 5.58. The summed E-state index contributed by atoms with van der Waals surface area (Å²) in [4.78, 5) is 43.2. The minimum Gasteiger partial charge on any atom is -0.484 e. The van der Waals surface area contributed by atoms with Crippen LogP contribution < -0.4 is 10.1 Å². The molecule has 0 aromatic heterocycles. The predicted molar refractivity (Wildman–Crippen MR) is 135 cm³/mol. The average molecular weight is 491 g/mol. The van der Waals surface area contributed by atoms with Crippen molar-refractivity contribution in [1.29, 1.82) is 0 Å². The highest BCUT2D eigenvalue weighted by molar-refractivity contribution is 6.31. The number of ether oxygens (including phenoxy) is 1. The minimum absolute atomic E-state index is 0.0832. The third-order valence-corrected chi connectivity index (χ3v) is 7.36. The number of Topliss-reactive ketones (excluding diaryl/α,β-unsaturated/α-hetero) is 2. The number of rotatable bonds is 5. The second kappa shape index (κ2) is 9.78. The van der Waals surface area contributed by atoms with Crippen molar-refractivity contribution >= 4 is 40.5 Å². The zero-order valence-corrected chi connectivity index (χ0v) is 20.4. The Morgan fingerprint density at radius 3 is 2.71 bits per heavy atom. The van der Waals surface area contributed by atoms with Crippen LogP contribution >= 0.6 is 11.6 Å². The van der Waals surface area contributed by atoms with Gasteiger partial charge in [0.2, 0.25) is 0 Å². The summed E-state index contributed by atoms with van der Waals surface area (Å²) in [5.41, 5.74) is 4.81. The molecule has 1 amide bonds. The molecule has 5 rings (SSSR count). The number of ketones is 2. The standard InChI is InChI=1S/C28H27ClN2O4/c1-16-11-12-18(14-20(16)29)30-25(34)15-35-19-6-2-5-17(13-19)26-27-21(7-3-9-23(27)32)31-22-8-4-10-24(33)28(22)26/h2,5-6,11-14,26-27H,3-4,7-10,15H2,1H3,(H,30,34). The number of allylic oxidation sites excluding steroid dienone is 2. The molecule has 0 radical (unpaired) electrons. The van der Waals surface area contributed by atoms with Crippen molar-refractivity contribution in [3.63, 3.8) is 0 Å². The molecule has 1 fully saturated rings. The molecule has 2 aromatic carbocycles. The Morgan fingerprint density at radius 1 is 1.06 bits per heavy atom. The van der Waals surface area contributed by atoms with Crippen LogP contribution in [-0.4, -0.2) is 29.8 Å². The normalized spacial score (nSPS) is 21.7. The van der Waals surface area contributed by atoms with Crippen molar-refractivity contribution in [2.75, 3.05) is 11.9 Å². The number of amides is 1. The third kappa shape index (κ3) is 4.80. The quantitative estimate of drug-likeness (QED) is 0.592. The molecule has 0 saturated heterocycles. The first-order valence-corrected chi connectivity index (χ1v) is 12.4. The van der Waals surface area contributed by atoms with Gasteiger partial charge in [0, 0.05) is 46.5 Å². The summed E-state index contributed by atoms with van der Waals surface area (Å²) >= 11 is 6.14. The Balaban J connectivity index is 1.37. The van der Waals surface area contributed by atoms with Crippen molar-refractivity contribution in [1.82, 2.24) is 0 Å². The summed E-state index contributed by atoms with van der Waals surface area (Å²) in [6, 6.07) is 12.7. The lowest BCUT2D eigenvalue weighted by Gasteiger charge is -2.37. The summed E-state index contributed by atoms with van der Waals surface area (Å²) in [6.45, 7) is 1.72. The van der Waals surface area contributed by atoms with Crippen LogP contribution in [0, 0.1) is 12.8 Å². The molecule has 6 nitrogen and oxygen atoms in total. The molecule has 1 aliphatic heterocycles. The lowest BCUT2D eigenvalue weighted by atomic mass is 9.67. The van der Waals surface area contributed by atoms with Gasteiger partial charge in [-0.25, -0.2) is 0 Å². The number of carbonyl (C=O) groups excluding carboxylic acids is 3. The van der Waals surface area contributed by atoms with Crippen LogP contribution in [-0.2, 0) is 14.4 Å². The lowest BCUT2D eigenvalue weighted by Crippen LogP contribution is -2.39. The van der Waals surface area contributed by atoms with E-state index in [1.165, 1.54) is 0 Å². The van der Waals surface area contributed by atoms with E-state index in [9.17, 15) is 14.4 Å². The van der Waals surface area contributed by atoms with Crippen molar-refractivity contribution in [3.05, 3.63) is 69.9 Å². The number of aliphatic imine (C=N–C) groups is 1. The van der Waals surface area contributed by atoms with E-state index in [4.69, 9.17) is 21.3 Å². The molecule has 2 aromatic rings. The van der Waals surface area contributed by atoms with Crippen LogP contribution in [0.3, 0.4) is 0 Å². The fourth-order valence-electron chi connectivity index (χ4n) is 5.27. The number of benzene rings is 2. The number of carbonyl (C=O) groups is 3. The lowest BCUT2D eigenvalue weighted by molar-refractivity contribution is -0.122. The van der Waals surface area contributed by atoms with E-state index in [0.717, 1.165) is 48.2 Å². The highest BCUT2D eigenvalue weighted by Crippen LogP contribution is 2.46. The highest BCUT2D eigenvalue weighted by Gasteiger charge is 2.44. The van der Waals surface area contributed by atoms with Gasteiger partial charge in [-0.2, -0.15) is 0 Å². The van der Waals surface area contributed by atoms with Gasteiger partial charge in [-0.15, -0.1) is 0 Å². The minimum atomic E-state index is -0.394. The Kier molecular flexibility index (Phi) is 6.56. The molecule has 1 saturated carbocycles. The van der Waals surface area contributed by atoms with Gasteiger partial charge in [0.05, 0.1) is 5.92 Å². The van der Waals surface area contributed by atoms with Crippen LogP contribution in [0.15, 0.2) is 58.7 Å². The highest BCUT2D eigenvalue weighted by atomic mass is 35.5. The van der Waals surface area contributed by atoms with Crippen LogP contribution in [0.5, 0.6) is 5.75 Å². The number of halogens is 1. The number of nitrogens with zero attached hydrogens (tertiary/aromatic N) is 1. The van der Waals surface area contributed by atoms with Gasteiger partial charge in [-0.05, 0) is 68.0 Å². The molecule has 1 N–H and O–H groups in total. The number of anilines is 1. The van der Waals surface area contributed by atoms with E-state index in [0.29, 0.717) is 34.9 Å². The Morgan fingerprint density at radius 2 is 1.89 bits per heavy atom. The number of aryl methyl sites for hydroxylation is 1. The fraction of sp³-hybridized carbons (Fsp3) is 0.357. The van der Waals surface area contributed by atoms with E-state index in [2.05, 4.69) is 5.32 Å². The second-order valence-corrected chi connectivity index (χ2v) is 9.80. The van der Waals surface area contributed by atoms with Gasteiger partial charge in [0.1, 0.15) is 11.5 Å². The first-order chi connectivity index (χ1) is 16.9. The monoisotopic (exact) mass is 490 g/mol. The average Bonchev–Trinajstić information content (AvgIpc) is 2.84. The van der Waals surface area contributed by atoms with Gasteiger partial charge < -0.3 is 10.1 Å². The van der Waals surface area contributed by atoms with Gasteiger partial charge in [-0.1, -0.05) is 29.8 Å². The van der Waals surface area contributed by atoms with E-state index >= 15 is 0 Å². The zero-order valence-electron chi connectivity index (χ0n) is 19.6. The molecule has 3 aliphatic rings. The molecule has 180 valence electrons. The maximum Gasteiger partial charge on any atom is 0.262 e. The van der Waals surface area contributed by atoms with Crippen molar-refractivity contribution in [2.24, 2.45) is 10.9 Å². The maximum atomic E-state index is 13.0. The molecule has 35 heavy (non-hydrogen) atoms. The molecule has 7 heteroatoms. The van der Waals surface area contributed by atoms with E-state index < -0.39 is 5.92 Å². The van der Waals surface area contributed by atoms with E-state index in [1.807, 2.05) is 31.2 Å². The Labute approximate surface area is 209 Å². The summed E-state index contributed by atoms with van der Waals surface area (Å²) in [6.07, 6.45) is 4.15.